The molecule has 2 fully saturated rings. The Balaban J connectivity index is 1.61. The molecule has 2 aliphatic heterocycles. The summed E-state index contributed by atoms with van der Waals surface area (Å²) in [5.41, 5.74) is 0. The lowest BCUT2D eigenvalue weighted by molar-refractivity contribution is -0.120. The van der Waals surface area contributed by atoms with Gasteiger partial charge in [0.2, 0.25) is 0 Å². The lowest BCUT2D eigenvalue weighted by Gasteiger charge is -2.39. The second-order valence-corrected chi connectivity index (χ2v) is 7.73. The van der Waals surface area contributed by atoms with Gasteiger partial charge in [0, 0.05) is 45.7 Å². The van der Waals surface area contributed by atoms with Crippen LogP contribution in [0.3, 0.4) is 0 Å². The van der Waals surface area contributed by atoms with Gasteiger partial charge in [-0.15, -0.1) is 0 Å². The first-order valence-electron chi connectivity index (χ1n) is 9.79. The number of rotatable bonds is 8. The molecule has 0 saturated carbocycles. The molecule has 1 atom stereocenters. The molecule has 2 rings (SSSR count). The van der Waals surface area contributed by atoms with Gasteiger partial charge >= 0.3 is 0 Å². The zero-order valence-corrected chi connectivity index (χ0v) is 15.6. The van der Waals surface area contributed by atoms with Crippen LogP contribution in [0.15, 0.2) is 0 Å². The number of piperazine rings is 1. The average Bonchev–Trinajstić information content (AvgIpc) is 2.58. The number of piperidine rings is 1. The van der Waals surface area contributed by atoms with Crippen LogP contribution in [0.5, 0.6) is 0 Å². The zero-order chi connectivity index (χ0) is 16.7. The van der Waals surface area contributed by atoms with Crippen molar-refractivity contribution in [2.75, 3.05) is 58.9 Å². The molecule has 4 heteroatoms. The number of Topliss-reactive ketones (excluding diaryl/α,β-unsaturated/α-hetero) is 1. The van der Waals surface area contributed by atoms with E-state index in [9.17, 15) is 4.79 Å². The number of ketones is 1. The predicted molar refractivity (Wildman–Crippen MR) is 96.8 cm³/mol. The lowest BCUT2D eigenvalue weighted by atomic mass is 9.95. The Morgan fingerprint density at radius 1 is 0.957 bits per heavy atom. The van der Waals surface area contributed by atoms with Gasteiger partial charge in [-0.05, 0) is 37.8 Å². The van der Waals surface area contributed by atoms with E-state index in [4.69, 9.17) is 0 Å². The first kappa shape index (κ1) is 18.9. The summed E-state index contributed by atoms with van der Waals surface area (Å²) in [6.45, 7) is 17.0. The van der Waals surface area contributed by atoms with Crippen molar-refractivity contribution in [1.82, 2.24) is 14.7 Å². The molecule has 0 aromatic carbocycles. The van der Waals surface area contributed by atoms with Crippen LogP contribution in [0.4, 0.5) is 0 Å². The molecule has 0 aromatic rings. The molecule has 0 aromatic heterocycles. The highest BCUT2D eigenvalue weighted by Crippen LogP contribution is 2.19. The molecule has 23 heavy (non-hydrogen) atoms. The molecule has 0 amide bonds. The molecule has 134 valence electrons. The molecule has 2 heterocycles. The van der Waals surface area contributed by atoms with E-state index in [0.29, 0.717) is 18.7 Å². The molecule has 1 unspecified atom stereocenters. The molecule has 0 aliphatic carbocycles. The maximum absolute atomic E-state index is 11.6. The number of carbonyl (C=O) groups excluding carboxylic acids is 1. The SMILES string of the molecule is CCC(=O)CN1CCC(CN2CCN(CC(C)CC)CC2)CC1. The summed E-state index contributed by atoms with van der Waals surface area (Å²) in [6, 6.07) is 0. The van der Waals surface area contributed by atoms with Crippen molar-refractivity contribution in [1.29, 1.82) is 0 Å². The quantitative estimate of drug-likeness (QED) is 0.685. The molecule has 0 spiro atoms. The Kier molecular flexibility index (Phi) is 8.01. The summed E-state index contributed by atoms with van der Waals surface area (Å²) in [6.07, 6.45) is 4.51. The van der Waals surface area contributed by atoms with E-state index in [0.717, 1.165) is 24.9 Å². The third kappa shape index (κ3) is 6.52. The van der Waals surface area contributed by atoms with Crippen LogP contribution in [0.2, 0.25) is 0 Å². The van der Waals surface area contributed by atoms with E-state index in [1.807, 2.05) is 6.92 Å². The molecule has 0 radical (unpaired) electrons. The topological polar surface area (TPSA) is 26.8 Å². The van der Waals surface area contributed by atoms with E-state index < -0.39 is 0 Å². The van der Waals surface area contributed by atoms with E-state index in [-0.39, 0.29) is 0 Å². The van der Waals surface area contributed by atoms with Gasteiger partial charge in [-0.3, -0.25) is 9.69 Å². The van der Waals surface area contributed by atoms with Crippen molar-refractivity contribution in [3.05, 3.63) is 0 Å². The molecule has 0 N–H and O–H groups in total. The molecular formula is C19H37N3O. The first-order chi connectivity index (χ1) is 11.1. The summed E-state index contributed by atoms with van der Waals surface area (Å²) in [5.74, 6) is 2.06. The summed E-state index contributed by atoms with van der Waals surface area (Å²) < 4.78 is 0. The van der Waals surface area contributed by atoms with Gasteiger partial charge in [0.25, 0.3) is 0 Å². The number of nitrogens with zero attached hydrogens (tertiary/aromatic N) is 3. The lowest BCUT2D eigenvalue weighted by Crippen LogP contribution is -2.49. The highest BCUT2D eigenvalue weighted by atomic mass is 16.1. The number of carbonyl (C=O) groups is 1. The van der Waals surface area contributed by atoms with Crippen molar-refractivity contribution < 1.29 is 4.79 Å². The Morgan fingerprint density at radius 3 is 2.13 bits per heavy atom. The van der Waals surface area contributed by atoms with Crippen molar-refractivity contribution in [2.24, 2.45) is 11.8 Å². The minimum Gasteiger partial charge on any atom is -0.301 e. The smallest absolute Gasteiger partial charge is 0.146 e. The number of hydrogen-bond donors (Lipinski definition) is 0. The molecule has 0 bridgehead atoms. The molecule has 2 saturated heterocycles. The van der Waals surface area contributed by atoms with Crippen LogP contribution in [-0.4, -0.2) is 79.4 Å². The largest absolute Gasteiger partial charge is 0.301 e. The minimum atomic E-state index is 0.390. The van der Waals surface area contributed by atoms with Crippen LogP contribution in [0, 0.1) is 11.8 Å². The van der Waals surface area contributed by atoms with E-state index >= 15 is 0 Å². The summed E-state index contributed by atoms with van der Waals surface area (Å²) in [5, 5.41) is 0. The van der Waals surface area contributed by atoms with E-state index in [2.05, 4.69) is 28.5 Å². The molecule has 2 aliphatic rings. The van der Waals surface area contributed by atoms with Gasteiger partial charge in [0.15, 0.2) is 0 Å². The van der Waals surface area contributed by atoms with Gasteiger partial charge in [-0.2, -0.15) is 0 Å². The molecule has 4 nitrogen and oxygen atoms in total. The zero-order valence-electron chi connectivity index (χ0n) is 15.6. The predicted octanol–water partition coefficient (Wildman–Crippen LogP) is 2.34. The average molecular weight is 324 g/mol. The normalized spacial score (nSPS) is 24.0. The van der Waals surface area contributed by atoms with Crippen molar-refractivity contribution in [3.8, 4) is 0 Å². The van der Waals surface area contributed by atoms with Crippen LogP contribution < -0.4 is 0 Å². The number of hydrogen-bond acceptors (Lipinski definition) is 4. The Labute approximate surface area is 143 Å². The summed E-state index contributed by atoms with van der Waals surface area (Å²) in [7, 11) is 0. The highest BCUT2D eigenvalue weighted by Gasteiger charge is 2.24. The van der Waals surface area contributed by atoms with Gasteiger partial charge in [0.05, 0.1) is 6.54 Å². The standard InChI is InChI=1S/C19H37N3O/c1-4-17(3)14-21-10-12-22(13-11-21)15-18-6-8-20(9-7-18)16-19(23)5-2/h17-18H,4-16H2,1-3H3. The maximum Gasteiger partial charge on any atom is 0.146 e. The maximum atomic E-state index is 11.6. The second-order valence-electron chi connectivity index (χ2n) is 7.73. The van der Waals surface area contributed by atoms with Crippen LogP contribution in [0.1, 0.15) is 46.5 Å². The van der Waals surface area contributed by atoms with E-state index in [1.54, 1.807) is 0 Å². The van der Waals surface area contributed by atoms with Crippen LogP contribution in [0.25, 0.3) is 0 Å². The monoisotopic (exact) mass is 323 g/mol. The van der Waals surface area contributed by atoms with Gasteiger partial charge in [-0.25, -0.2) is 0 Å². The van der Waals surface area contributed by atoms with Crippen LogP contribution >= 0.6 is 0 Å². The fourth-order valence-corrected chi connectivity index (χ4v) is 3.78. The van der Waals surface area contributed by atoms with Crippen molar-refractivity contribution >= 4 is 5.78 Å². The Bertz CT molecular complexity index is 345. The fourth-order valence-electron chi connectivity index (χ4n) is 3.78. The highest BCUT2D eigenvalue weighted by molar-refractivity contribution is 5.80. The van der Waals surface area contributed by atoms with Gasteiger partial charge in [0.1, 0.15) is 5.78 Å². The molecular weight excluding hydrogens is 286 g/mol. The van der Waals surface area contributed by atoms with Crippen molar-refractivity contribution in [3.63, 3.8) is 0 Å². The van der Waals surface area contributed by atoms with Gasteiger partial charge in [-0.1, -0.05) is 27.2 Å². The Hall–Kier alpha value is -0.450. The third-order valence-corrected chi connectivity index (χ3v) is 5.75. The van der Waals surface area contributed by atoms with Gasteiger partial charge < -0.3 is 9.80 Å². The number of likely N-dealkylation sites (tertiary alicyclic amines) is 1. The van der Waals surface area contributed by atoms with Crippen LogP contribution in [-0.2, 0) is 4.79 Å². The van der Waals surface area contributed by atoms with E-state index in [1.165, 1.54) is 58.5 Å². The second kappa shape index (κ2) is 9.75. The fraction of sp³-hybridized carbons (Fsp3) is 0.947. The summed E-state index contributed by atoms with van der Waals surface area (Å²) >= 11 is 0. The summed E-state index contributed by atoms with van der Waals surface area (Å²) in [4.78, 5) is 19.2. The minimum absolute atomic E-state index is 0.390. The van der Waals surface area contributed by atoms with Crippen molar-refractivity contribution in [2.45, 2.75) is 46.5 Å². The first-order valence-corrected chi connectivity index (χ1v) is 9.79. The Morgan fingerprint density at radius 2 is 1.57 bits per heavy atom. The third-order valence-electron chi connectivity index (χ3n) is 5.75.